The van der Waals surface area contributed by atoms with E-state index in [1.807, 2.05) is 6.07 Å². The summed E-state index contributed by atoms with van der Waals surface area (Å²) in [6.45, 7) is 0. The first-order chi connectivity index (χ1) is 11.9. The molecule has 1 heterocycles. The van der Waals surface area contributed by atoms with E-state index in [1.165, 1.54) is 16.5 Å². The molecule has 1 N–H and O–H groups in total. The molecule has 0 aliphatic heterocycles. The number of halogens is 1. The lowest BCUT2D eigenvalue weighted by Crippen LogP contribution is -1.90. The maximum absolute atomic E-state index is 4.94. The lowest BCUT2D eigenvalue weighted by molar-refractivity contribution is 1.09. The summed E-state index contributed by atoms with van der Waals surface area (Å²) < 4.78 is 0. The number of fused-ring (bicyclic) bond motifs is 1. The summed E-state index contributed by atoms with van der Waals surface area (Å²) in [4.78, 5) is 8.49. The van der Waals surface area contributed by atoms with Crippen molar-refractivity contribution in [1.29, 1.82) is 0 Å². The fourth-order valence-electron chi connectivity index (χ4n) is 3.08. The average molecular weight is 377 g/mol. The normalized spacial score (nSPS) is 11.0. The monoisotopic (exact) mass is 376 g/mol. The van der Waals surface area contributed by atoms with E-state index in [1.54, 1.807) is 0 Å². The Morgan fingerprint density at radius 1 is 0.833 bits per heavy atom. The van der Waals surface area contributed by atoms with Crippen LogP contribution in [0.3, 0.4) is 0 Å². The highest BCUT2D eigenvalue weighted by Crippen LogP contribution is 2.30. The molecule has 0 radical (unpaired) electrons. The fraction of sp³-hybridized carbons (Fsp3) is 0.0952. The standard InChI is InChI=1S/C21H17BrN2/c22-14-13-19-20(16-8-2-1-3-9-16)24-21(23-19)18-12-6-10-15-7-4-5-11-17(15)18/h1-12H,13-14H2,(H,23,24). The van der Waals surface area contributed by atoms with Crippen molar-refractivity contribution in [2.75, 3.05) is 5.33 Å². The van der Waals surface area contributed by atoms with Crippen LogP contribution in [0.15, 0.2) is 72.8 Å². The SMILES string of the molecule is BrCCc1[nH]c(-c2cccc3ccccc23)nc1-c1ccccc1. The maximum Gasteiger partial charge on any atom is 0.138 e. The minimum absolute atomic E-state index is 0.907. The van der Waals surface area contributed by atoms with Gasteiger partial charge in [-0.1, -0.05) is 88.7 Å². The van der Waals surface area contributed by atoms with Crippen molar-refractivity contribution in [3.8, 4) is 22.6 Å². The van der Waals surface area contributed by atoms with Crippen LogP contribution in [0.25, 0.3) is 33.4 Å². The van der Waals surface area contributed by atoms with Crippen LogP contribution in [0.1, 0.15) is 5.69 Å². The summed E-state index contributed by atoms with van der Waals surface area (Å²) in [5.41, 5.74) is 4.50. The van der Waals surface area contributed by atoms with Crippen LogP contribution in [-0.4, -0.2) is 15.3 Å². The third kappa shape index (κ3) is 2.76. The third-order valence-electron chi connectivity index (χ3n) is 4.22. The highest BCUT2D eigenvalue weighted by molar-refractivity contribution is 9.09. The molecular weight excluding hydrogens is 360 g/mol. The number of nitrogens with one attached hydrogen (secondary N) is 1. The summed E-state index contributed by atoms with van der Waals surface area (Å²) in [6, 6.07) is 25.2. The molecule has 0 aliphatic rings. The van der Waals surface area contributed by atoms with Gasteiger partial charge < -0.3 is 4.98 Å². The molecule has 3 aromatic carbocycles. The second-order valence-electron chi connectivity index (χ2n) is 5.74. The molecule has 2 nitrogen and oxygen atoms in total. The number of nitrogens with zero attached hydrogens (tertiary/aromatic N) is 1. The van der Waals surface area contributed by atoms with Gasteiger partial charge in [-0.3, -0.25) is 0 Å². The number of hydrogen-bond donors (Lipinski definition) is 1. The van der Waals surface area contributed by atoms with Gasteiger partial charge in [-0.2, -0.15) is 0 Å². The predicted octanol–water partition coefficient (Wildman–Crippen LogP) is 5.83. The summed E-state index contributed by atoms with van der Waals surface area (Å²) in [6.07, 6.45) is 0.919. The van der Waals surface area contributed by atoms with Gasteiger partial charge in [0.1, 0.15) is 5.82 Å². The van der Waals surface area contributed by atoms with Crippen LogP contribution in [0, 0.1) is 0 Å². The van der Waals surface area contributed by atoms with Gasteiger partial charge in [0.2, 0.25) is 0 Å². The molecule has 4 aromatic rings. The molecule has 0 spiro atoms. The Hall–Kier alpha value is -2.39. The molecule has 4 rings (SSSR count). The van der Waals surface area contributed by atoms with Gasteiger partial charge in [-0.05, 0) is 17.2 Å². The molecular formula is C21H17BrN2. The van der Waals surface area contributed by atoms with Crippen molar-refractivity contribution >= 4 is 26.7 Å². The van der Waals surface area contributed by atoms with E-state index in [-0.39, 0.29) is 0 Å². The molecule has 118 valence electrons. The van der Waals surface area contributed by atoms with Crippen molar-refractivity contribution in [3.63, 3.8) is 0 Å². The maximum atomic E-state index is 4.94. The lowest BCUT2D eigenvalue weighted by atomic mass is 10.0. The van der Waals surface area contributed by atoms with Crippen LogP contribution in [0.5, 0.6) is 0 Å². The molecule has 0 amide bonds. The van der Waals surface area contributed by atoms with E-state index < -0.39 is 0 Å². The number of aromatic amines is 1. The van der Waals surface area contributed by atoms with Gasteiger partial charge in [0.15, 0.2) is 0 Å². The molecule has 0 aliphatic carbocycles. The number of aryl methyl sites for hydroxylation is 1. The smallest absolute Gasteiger partial charge is 0.138 e. The van der Waals surface area contributed by atoms with Crippen LogP contribution < -0.4 is 0 Å². The number of alkyl halides is 1. The number of rotatable bonds is 4. The Morgan fingerprint density at radius 2 is 1.58 bits per heavy atom. The zero-order valence-electron chi connectivity index (χ0n) is 13.2. The summed E-state index contributed by atoms with van der Waals surface area (Å²) in [7, 11) is 0. The van der Waals surface area contributed by atoms with Gasteiger partial charge in [0, 0.05) is 22.2 Å². The Balaban J connectivity index is 1.90. The number of hydrogen-bond acceptors (Lipinski definition) is 1. The minimum atomic E-state index is 0.907. The molecule has 3 heteroatoms. The number of aromatic nitrogens is 2. The third-order valence-corrected chi connectivity index (χ3v) is 4.61. The second-order valence-corrected chi connectivity index (χ2v) is 6.54. The molecule has 1 aromatic heterocycles. The zero-order chi connectivity index (χ0) is 16.4. The fourth-order valence-corrected chi connectivity index (χ4v) is 3.48. The van der Waals surface area contributed by atoms with Crippen molar-refractivity contribution in [2.45, 2.75) is 6.42 Å². The molecule has 0 saturated heterocycles. The zero-order valence-corrected chi connectivity index (χ0v) is 14.8. The molecule has 0 unspecified atom stereocenters. The Kier molecular flexibility index (Phi) is 4.18. The first kappa shape index (κ1) is 15.2. The van der Waals surface area contributed by atoms with E-state index in [0.29, 0.717) is 0 Å². The van der Waals surface area contributed by atoms with Crippen molar-refractivity contribution in [3.05, 3.63) is 78.5 Å². The van der Waals surface area contributed by atoms with Crippen LogP contribution in [0.2, 0.25) is 0 Å². The first-order valence-electron chi connectivity index (χ1n) is 8.05. The Labute approximate surface area is 149 Å². The van der Waals surface area contributed by atoms with Gasteiger partial charge in [0.05, 0.1) is 5.69 Å². The number of H-pyrrole nitrogens is 1. The highest BCUT2D eigenvalue weighted by atomic mass is 79.9. The predicted molar refractivity (Wildman–Crippen MR) is 104 cm³/mol. The molecule has 0 atom stereocenters. The quantitative estimate of drug-likeness (QED) is 0.445. The average Bonchev–Trinajstić information content (AvgIpc) is 3.06. The van der Waals surface area contributed by atoms with Crippen LogP contribution in [-0.2, 0) is 6.42 Å². The molecule has 0 saturated carbocycles. The largest absolute Gasteiger partial charge is 0.341 e. The lowest BCUT2D eigenvalue weighted by Gasteiger charge is -2.03. The summed E-state index contributed by atoms with van der Waals surface area (Å²) >= 11 is 3.55. The van der Waals surface area contributed by atoms with E-state index in [0.717, 1.165) is 34.4 Å². The molecule has 24 heavy (non-hydrogen) atoms. The minimum Gasteiger partial charge on any atom is -0.341 e. The number of imidazole rings is 1. The van der Waals surface area contributed by atoms with E-state index in [2.05, 4.69) is 87.6 Å². The Morgan fingerprint density at radius 3 is 2.42 bits per heavy atom. The van der Waals surface area contributed by atoms with Gasteiger partial charge in [-0.25, -0.2) is 4.98 Å². The van der Waals surface area contributed by atoms with Gasteiger partial charge >= 0.3 is 0 Å². The van der Waals surface area contributed by atoms with Gasteiger partial charge in [0.25, 0.3) is 0 Å². The number of benzene rings is 3. The van der Waals surface area contributed by atoms with Crippen molar-refractivity contribution < 1.29 is 0 Å². The van der Waals surface area contributed by atoms with E-state index in [4.69, 9.17) is 4.98 Å². The van der Waals surface area contributed by atoms with Crippen LogP contribution >= 0.6 is 15.9 Å². The van der Waals surface area contributed by atoms with E-state index in [9.17, 15) is 0 Å². The van der Waals surface area contributed by atoms with Crippen LogP contribution in [0.4, 0.5) is 0 Å². The van der Waals surface area contributed by atoms with E-state index >= 15 is 0 Å². The second kappa shape index (κ2) is 6.62. The Bertz CT molecular complexity index is 968. The topological polar surface area (TPSA) is 28.7 Å². The highest BCUT2D eigenvalue weighted by Gasteiger charge is 2.14. The molecule has 0 fully saturated rings. The summed E-state index contributed by atoms with van der Waals surface area (Å²) in [5, 5.41) is 3.36. The van der Waals surface area contributed by atoms with Crippen molar-refractivity contribution in [1.82, 2.24) is 9.97 Å². The van der Waals surface area contributed by atoms with Crippen molar-refractivity contribution in [2.24, 2.45) is 0 Å². The molecule has 0 bridgehead atoms. The summed E-state index contributed by atoms with van der Waals surface area (Å²) in [5.74, 6) is 0.932. The first-order valence-corrected chi connectivity index (χ1v) is 9.17. The van der Waals surface area contributed by atoms with Gasteiger partial charge in [-0.15, -0.1) is 0 Å².